The average Bonchev–Trinajstić information content (AvgIpc) is 2.84. The lowest BCUT2D eigenvalue weighted by molar-refractivity contribution is -0.302. The van der Waals surface area contributed by atoms with Crippen LogP contribution >= 0.6 is 0 Å². The molecule has 0 saturated heterocycles. The molecule has 1 aromatic carbocycles. The largest absolute Gasteiger partial charge is 0.453 e. The van der Waals surface area contributed by atoms with Crippen LogP contribution in [-0.2, 0) is 14.3 Å². The van der Waals surface area contributed by atoms with Crippen LogP contribution in [0.2, 0.25) is 0 Å². The predicted octanol–water partition coefficient (Wildman–Crippen LogP) is 2.22. The van der Waals surface area contributed by atoms with E-state index in [0.29, 0.717) is 5.56 Å². The number of hydrazone groups is 1. The Balaban J connectivity index is 2.41. The van der Waals surface area contributed by atoms with Crippen LogP contribution in [0.1, 0.15) is 32.8 Å². The highest BCUT2D eigenvalue weighted by atomic mass is 19.4. The van der Waals surface area contributed by atoms with Crippen molar-refractivity contribution in [2.45, 2.75) is 44.7 Å². The van der Waals surface area contributed by atoms with Crippen LogP contribution < -0.4 is 0 Å². The Morgan fingerprint density at radius 1 is 1.20 bits per heavy atom. The average molecular weight is 358 g/mol. The number of ether oxygens (including phenoxy) is 1. The smallest absolute Gasteiger partial charge is 0.438 e. The van der Waals surface area contributed by atoms with Gasteiger partial charge in [0, 0.05) is 0 Å². The van der Waals surface area contributed by atoms with E-state index in [1.165, 1.54) is 32.9 Å². The van der Waals surface area contributed by atoms with E-state index >= 15 is 0 Å². The molecule has 0 unspecified atom stereocenters. The molecule has 6 nitrogen and oxygen atoms in total. The number of hydrogen-bond acceptors (Lipinski definition) is 5. The minimum atomic E-state index is -5.22. The third-order valence-electron chi connectivity index (χ3n) is 3.31. The van der Waals surface area contributed by atoms with Gasteiger partial charge >= 0.3 is 18.1 Å². The normalized spacial score (nSPS) is 21.1. The van der Waals surface area contributed by atoms with E-state index < -0.39 is 35.8 Å². The first-order valence-electron chi connectivity index (χ1n) is 7.35. The van der Waals surface area contributed by atoms with Gasteiger partial charge in [-0.05, 0) is 26.3 Å². The number of hydrogen-bond donors (Lipinski definition) is 1. The monoisotopic (exact) mass is 358 g/mol. The van der Waals surface area contributed by atoms with Gasteiger partial charge in [-0.1, -0.05) is 30.3 Å². The Morgan fingerprint density at radius 3 is 2.24 bits per heavy atom. The highest BCUT2D eigenvalue weighted by molar-refractivity contribution is 6.33. The van der Waals surface area contributed by atoms with Crippen molar-refractivity contribution >= 4 is 17.6 Å². The molecule has 1 aliphatic heterocycles. The summed E-state index contributed by atoms with van der Waals surface area (Å²) in [6.07, 6.45) is -6.21. The maximum Gasteiger partial charge on any atom is 0.438 e. The molecule has 0 fully saturated rings. The van der Waals surface area contributed by atoms with Gasteiger partial charge in [0.25, 0.3) is 5.72 Å². The second-order valence-electron chi connectivity index (χ2n) is 6.52. The fourth-order valence-corrected chi connectivity index (χ4v) is 2.18. The third kappa shape index (κ3) is 3.81. The molecular weight excluding hydrogens is 341 g/mol. The highest BCUT2D eigenvalue weighted by Gasteiger charge is 2.64. The van der Waals surface area contributed by atoms with Crippen molar-refractivity contribution < 1.29 is 32.6 Å². The first kappa shape index (κ1) is 18.9. The summed E-state index contributed by atoms with van der Waals surface area (Å²) in [5.74, 6) is -3.23. The predicted molar refractivity (Wildman–Crippen MR) is 81.3 cm³/mol. The first-order valence-corrected chi connectivity index (χ1v) is 7.35. The number of halogens is 3. The van der Waals surface area contributed by atoms with Gasteiger partial charge in [-0.2, -0.15) is 23.3 Å². The molecule has 0 radical (unpaired) electrons. The van der Waals surface area contributed by atoms with Crippen molar-refractivity contribution in [3.8, 4) is 0 Å². The Labute approximate surface area is 141 Å². The van der Waals surface area contributed by atoms with E-state index in [2.05, 4.69) is 5.10 Å². The van der Waals surface area contributed by atoms with E-state index in [9.17, 15) is 27.9 Å². The molecular formula is C16H17F3N2O4. The number of esters is 1. The summed E-state index contributed by atoms with van der Waals surface area (Å²) in [4.78, 5) is 24.0. The molecule has 9 heteroatoms. The summed E-state index contributed by atoms with van der Waals surface area (Å²) in [6, 6.07) is 7.76. The zero-order valence-corrected chi connectivity index (χ0v) is 13.8. The van der Waals surface area contributed by atoms with Crippen molar-refractivity contribution in [2.24, 2.45) is 5.10 Å². The summed E-state index contributed by atoms with van der Waals surface area (Å²) in [6.45, 7) is 4.37. The quantitative estimate of drug-likeness (QED) is 0.617. The summed E-state index contributed by atoms with van der Waals surface area (Å²) in [5.41, 5.74) is -4.58. The zero-order chi connectivity index (χ0) is 19.0. The van der Waals surface area contributed by atoms with Crippen LogP contribution in [0.15, 0.2) is 35.4 Å². The maximum atomic E-state index is 13.4. The van der Waals surface area contributed by atoms with Crippen LogP contribution in [0.4, 0.5) is 13.2 Å². The SMILES string of the molecule is CC(C)(C)OC(=O)C(=O)N1N=C(c2ccccc2)C[C@@]1(O)C(F)(F)F. The molecule has 0 aliphatic carbocycles. The van der Waals surface area contributed by atoms with E-state index in [4.69, 9.17) is 4.74 Å². The lowest BCUT2D eigenvalue weighted by atomic mass is 10.0. The van der Waals surface area contributed by atoms with Crippen LogP contribution in [0.3, 0.4) is 0 Å². The van der Waals surface area contributed by atoms with Crippen molar-refractivity contribution in [1.82, 2.24) is 5.01 Å². The lowest BCUT2D eigenvalue weighted by Crippen LogP contribution is -2.58. The van der Waals surface area contributed by atoms with Gasteiger partial charge < -0.3 is 9.84 Å². The highest BCUT2D eigenvalue weighted by Crippen LogP contribution is 2.41. The summed E-state index contributed by atoms with van der Waals surface area (Å²) in [5, 5.41) is 13.4. The summed E-state index contributed by atoms with van der Waals surface area (Å²) >= 11 is 0. The molecule has 1 amide bonds. The van der Waals surface area contributed by atoms with Crippen molar-refractivity contribution in [2.75, 3.05) is 0 Å². The Hall–Kier alpha value is -2.42. The minimum absolute atomic E-state index is 0.169. The first-order chi connectivity index (χ1) is 11.3. The molecule has 0 saturated carbocycles. The molecule has 1 N–H and O–H groups in total. The van der Waals surface area contributed by atoms with E-state index in [1.807, 2.05) is 0 Å². The van der Waals surface area contributed by atoms with E-state index in [0.717, 1.165) is 0 Å². The van der Waals surface area contributed by atoms with Crippen LogP contribution in [-0.4, -0.2) is 45.2 Å². The van der Waals surface area contributed by atoms with Gasteiger partial charge in [0.1, 0.15) is 5.60 Å². The molecule has 1 atom stereocenters. The molecule has 0 spiro atoms. The van der Waals surface area contributed by atoms with Crippen molar-refractivity contribution in [3.63, 3.8) is 0 Å². The van der Waals surface area contributed by atoms with Gasteiger partial charge in [-0.25, -0.2) is 4.79 Å². The lowest BCUT2D eigenvalue weighted by Gasteiger charge is -2.32. The van der Waals surface area contributed by atoms with Gasteiger partial charge in [0.05, 0.1) is 12.1 Å². The number of alkyl halides is 3. The third-order valence-corrected chi connectivity index (χ3v) is 3.31. The molecule has 0 aromatic heterocycles. The topological polar surface area (TPSA) is 79.2 Å². The van der Waals surface area contributed by atoms with Crippen LogP contribution in [0.25, 0.3) is 0 Å². The number of benzene rings is 1. The Kier molecular flexibility index (Phi) is 4.65. The van der Waals surface area contributed by atoms with Crippen LogP contribution in [0.5, 0.6) is 0 Å². The number of nitrogens with zero attached hydrogens (tertiary/aromatic N) is 2. The van der Waals surface area contributed by atoms with Crippen molar-refractivity contribution in [1.29, 1.82) is 0 Å². The van der Waals surface area contributed by atoms with Gasteiger partial charge in [0.2, 0.25) is 0 Å². The molecule has 0 bridgehead atoms. The van der Waals surface area contributed by atoms with Crippen LogP contribution in [0, 0.1) is 0 Å². The Bertz CT molecular complexity index is 710. The standard InChI is InChI=1S/C16H17F3N2O4/c1-14(2,3)25-13(23)12(22)21-15(24,16(17,18)19)9-11(20-21)10-7-5-4-6-8-10/h4-8,24H,9H2,1-3H3/t15-/m1/s1. The fraction of sp³-hybridized carbons (Fsp3) is 0.438. The fourth-order valence-electron chi connectivity index (χ4n) is 2.18. The molecule has 25 heavy (non-hydrogen) atoms. The number of carbonyl (C=O) groups excluding carboxylic acids is 2. The summed E-state index contributed by atoms with van der Waals surface area (Å²) < 4.78 is 44.9. The maximum absolute atomic E-state index is 13.4. The minimum Gasteiger partial charge on any atom is -0.453 e. The Morgan fingerprint density at radius 2 is 1.76 bits per heavy atom. The van der Waals surface area contributed by atoms with Gasteiger partial charge in [0.15, 0.2) is 0 Å². The second-order valence-corrected chi connectivity index (χ2v) is 6.52. The number of carbonyl (C=O) groups is 2. The van der Waals surface area contributed by atoms with Gasteiger partial charge in [-0.3, -0.25) is 4.79 Å². The number of aliphatic hydroxyl groups is 1. The zero-order valence-electron chi connectivity index (χ0n) is 13.8. The van der Waals surface area contributed by atoms with Gasteiger partial charge in [-0.15, -0.1) is 0 Å². The van der Waals surface area contributed by atoms with Crippen molar-refractivity contribution in [3.05, 3.63) is 35.9 Å². The molecule has 1 heterocycles. The van der Waals surface area contributed by atoms with E-state index in [1.54, 1.807) is 18.2 Å². The molecule has 2 rings (SSSR count). The molecule has 1 aromatic rings. The van der Waals surface area contributed by atoms with E-state index in [-0.39, 0.29) is 10.7 Å². The summed E-state index contributed by atoms with van der Waals surface area (Å²) in [7, 11) is 0. The molecule has 1 aliphatic rings. The molecule has 136 valence electrons. The number of amides is 1. The second kappa shape index (κ2) is 6.14. The number of rotatable bonds is 1.